The molecule has 0 spiro atoms. The molecular formula is C14H18N2OS. The molecule has 0 atom stereocenters. The Morgan fingerprint density at radius 3 is 2.78 bits per heavy atom. The van der Waals surface area contributed by atoms with Crippen LogP contribution in [0, 0.1) is 16.7 Å². The van der Waals surface area contributed by atoms with E-state index in [9.17, 15) is 5.26 Å². The van der Waals surface area contributed by atoms with Gasteiger partial charge in [-0.1, -0.05) is 19.3 Å². The van der Waals surface area contributed by atoms with Crippen molar-refractivity contribution in [3.05, 3.63) is 16.1 Å². The van der Waals surface area contributed by atoms with Gasteiger partial charge in [0, 0.05) is 17.7 Å². The standard InChI is InChI=1S/C14H18N2OS/c15-8-14(9-17-10-14)6-13-16-12(7-18-13)11-4-2-1-3-5-11/h7,11H,1-6,9-10H2. The Morgan fingerprint density at radius 1 is 1.39 bits per heavy atom. The molecule has 96 valence electrons. The van der Waals surface area contributed by atoms with Crippen LogP contribution in [0.25, 0.3) is 0 Å². The average molecular weight is 262 g/mol. The average Bonchev–Trinajstić information content (AvgIpc) is 2.83. The van der Waals surface area contributed by atoms with E-state index >= 15 is 0 Å². The van der Waals surface area contributed by atoms with Crippen LogP contribution in [-0.2, 0) is 11.2 Å². The summed E-state index contributed by atoms with van der Waals surface area (Å²) in [5.41, 5.74) is 0.977. The van der Waals surface area contributed by atoms with Crippen LogP contribution in [-0.4, -0.2) is 18.2 Å². The molecule has 0 radical (unpaired) electrons. The summed E-state index contributed by atoms with van der Waals surface area (Å²) < 4.78 is 5.18. The maximum absolute atomic E-state index is 9.20. The minimum atomic E-state index is -0.290. The molecule has 3 nitrogen and oxygen atoms in total. The van der Waals surface area contributed by atoms with Crippen molar-refractivity contribution < 1.29 is 4.74 Å². The fourth-order valence-corrected chi connectivity index (χ4v) is 3.86. The molecule has 3 rings (SSSR count). The van der Waals surface area contributed by atoms with Crippen LogP contribution in [0.2, 0.25) is 0 Å². The number of hydrogen-bond donors (Lipinski definition) is 0. The molecule has 1 saturated heterocycles. The lowest BCUT2D eigenvalue weighted by Gasteiger charge is -2.34. The second kappa shape index (κ2) is 4.99. The molecule has 2 fully saturated rings. The van der Waals surface area contributed by atoms with Gasteiger partial charge in [-0.2, -0.15) is 5.26 Å². The number of thiazole rings is 1. The lowest BCUT2D eigenvalue weighted by Crippen LogP contribution is -2.43. The van der Waals surface area contributed by atoms with Crippen LogP contribution in [0.4, 0.5) is 0 Å². The van der Waals surface area contributed by atoms with Gasteiger partial charge in [-0.3, -0.25) is 0 Å². The van der Waals surface area contributed by atoms with Crippen molar-refractivity contribution in [1.29, 1.82) is 5.26 Å². The monoisotopic (exact) mass is 262 g/mol. The van der Waals surface area contributed by atoms with Crippen molar-refractivity contribution in [1.82, 2.24) is 4.98 Å². The van der Waals surface area contributed by atoms with Gasteiger partial charge in [0.05, 0.1) is 30.0 Å². The highest BCUT2D eigenvalue weighted by Gasteiger charge is 2.40. The van der Waals surface area contributed by atoms with Crippen LogP contribution in [0.3, 0.4) is 0 Å². The first-order chi connectivity index (χ1) is 8.81. The minimum Gasteiger partial charge on any atom is -0.378 e. The molecule has 1 aromatic heterocycles. The molecule has 0 unspecified atom stereocenters. The SMILES string of the molecule is N#CC1(Cc2nc(C3CCCCC3)cs2)COC1. The first-order valence-corrected chi connectivity index (χ1v) is 7.63. The van der Waals surface area contributed by atoms with Gasteiger partial charge in [-0.05, 0) is 12.8 Å². The highest BCUT2D eigenvalue weighted by Crippen LogP contribution is 2.36. The molecule has 0 bridgehead atoms. The Morgan fingerprint density at radius 2 is 2.17 bits per heavy atom. The minimum absolute atomic E-state index is 0.290. The van der Waals surface area contributed by atoms with Gasteiger partial charge < -0.3 is 4.74 Å². The molecule has 1 aliphatic heterocycles. The Hall–Kier alpha value is -0.920. The van der Waals surface area contributed by atoms with Gasteiger partial charge in [0.1, 0.15) is 5.41 Å². The molecule has 0 amide bonds. The molecule has 1 saturated carbocycles. The molecule has 4 heteroatoms. The third-order valence-corrected chi connectivity index (χ3v) is 4.94. The highest BCUT2D eigenvalue weighted by molar-refractivity contribution is 7.09. The summed E-state index contributed by atoms with van der Waals surface area (Å²) in [4.78, 5) is 4.76. The van der Waals surface area contributed by atoms with E-state index in [0.29, 0.717) is 19.1 Å². The molecule has 2 aliphatic rings. The van der Waals surface area contributed by atoms with Crippen molar-refractivity contribution in [2.24, 2.45) is 5.41 Å². The molecule has 1 aliphatic carbocycles. The van der Waals surface area contributed by atoms with Crippen molar-refractivity contribution in [2.45, 2.75) is 44.4 Å². The van der Waals surface area contributed by atoms with Crippen molar-refractivity contribution in [3.63, 3.8) is 0 Å². The second-order valence-electron chi connectivity index (χ2n) is 5.56. The third kappa shape index (κ3) is 2.30. The predicted molar refractivity (Wildman–Crippen MR) is 70.5 cm³/mol. The zero-order chi connectivity index (χ0) is 12.4. The summed E-state index contributed by atoms with van der Waals surface area (Å²) in [7, 11) is 0. The van der Waals surface area contributed by atoms with Gasteiger partial charge in [-0.15, -0.1) is 11.3 Å². The van der Waals surface area contributed by atoms with Gasteiger partial charge in [-0.25, -0.2) is 4.98 Å². The molecule has 2 heterocycles. The number of hydrogen-bond acceptors (Lipinski definition) is 4. The maximum atomic E-state index is 9.20. The lowest BCUT2D eigenvalue weighted by atomic mass is 9.84. The van der Waals surface area contributed by atoms with Crippen LogP contribution < -0.4 is 0 Å². The Labute approximate surface area is 112 Å². The quantitative estimate of drug-likeness (QED) is 0.839. The summed E-state index contributed by atoms with van der Waals surface area (Å²) in [6.45, 7) is 1.14. The molecule has 0 aromatic carbocycles. The smallest absolute Gasteiger partial charge is 0.110 e. The van der Waals surface area contributed by atoms with E-state index < -0.39 is 0 Å². The van der Waals surface area contributed by atoms with E-state index in [1.165, 1.54) is 37.8 Å². The molecule has 0 N–H and O–H groups in total. The van der Waals surface area contributed by atoms with Gasteiger partial charge in [0.2, 0.25) is 0 Å². The van der Waals surface area contributed by atoms with Crippen LogP contribution in [0.5, 0.6) is 0 Å². The number of rotatable bonds is 3. The van der Waals surface area contributed by atoms with E-state index in [4.69, 9.17) is 9.72 Å². The van der Waals surface area contributed by atoms with Crippen LogP contribution >= 0.6 is 11.3 Å². The highest BCUT2D eigenvalue weighted by atomic mass is 32.1. The molecule has 18 heavy (non-hydrogen) atoms. The summed E-state index contributed by atoms with van der Waals surface area (Å²) >= 11 is 1.72. The first-order valence-electron chi connectivity index (χ1n) is 6.75. The van der Waals surface area contributed by atoms with Gasteiger partial charge in [0.25, 0.3) is 0 Å². The predicted octanol–water partition coefficient (Wildman–Crippen LogP) is 3.27. The zero-order valence-electron chi connectivity index (χ0n) is 10.5. The second-order valence-corrected chi connectivity index (χ2v) is 6.51. The van der Waals surface area contributed by atoms with E-state index in [0.717, 1.165) is 11.4 Å². The fraction of sp³-hybridized carbons (Fsp3) is 0.714. The number of nitrogens with zero attached hydrogens (tertiary/aromatic N) is 2. The van der Waals surface area contributed by atoms with Crippen molar-refractivity contribution in [2.75, 3.05) is 13.2 Å². The lowest BCUT2D eigenvalue weighted by molar-refractivity contribution is -0.0765. The zero-order valence-corrected chi connectivity index (χ0v) is 11.3. The Kier molecular flexibility index (Phi) is 3.36. The first kappa shape index (κ1) is 12.1. The summed E-state index contributed by atoms with van der Waals surface area (Å²) in [6.07, 6.45) is 7.40. The van der Waals surface area contributed by atoms with E-state index in [1.54, 1.807) is 11.3 Å². The van der Waals surface area contributed by atoms with Crippen molar-refractivity contribution >= 4 is 11.3 Å². The fourth-order valence-electron chi connectivity index (χ4n) is 2.84. The topological polar surface area (TPSA) is 45.9 Å². The summed E-state index contributed by atoms with van der Waals surface area (Å²) in [5.74, 6) is 0.666. The van der Waals surface area contributed by atoms with Gasteiger partial charge in [0.15, 0.2) is 0 Å². The summed E-state index contributed by atoms with van der Waals surface area (Å²) in [6, 6.07) is 2.39. The number of nitriles is 1. The molecule has 1 aromatic rings. The van der Waals surface area contributed by atoms with E-state index in [1.807, 2.05) is 0 Å². The number of ether oxygens (including phenoxy) is 1. The number of aromatic nitrogens is 1. The Bertz CT molecular complexity index is 453. The van der Waals surface area contributed by atoms with Crippen LogP contribution in [0.1, 0.15) is 48.7 Å². The van der Waals surface area contributed by atoms with Crippen LogP contribution in [0.15, 0.2) is 5.38 Å². The summed E-state index contributed by atoms with van der Waals surface area (Å²) in [5, 5.41) is 12.5. The third-order valence-electron chi connectivity index (χ3n) is 4.08. The maximum Gasteiger partial charge on any atom is 0.110 e. The Balaban J connectivity index is 1.68. The van der Waals surface area contributed by atoms with E-state index in [2.05, 4.69) is 11.4 Å². The molecular weight excluding hydrogens is 244 g/mol. The normalized spacial score (nSPS) is 23.3. The van der Waals surface area contributed by atoms with Gasteiger partial charge >= 0.3 is 0 Å². The van der Waals surface area contributed by atoms with E-state index in [-0.39, 0.29) is 5.41 Å². The largest absolute Gasteiger partial charge is 0.378 e. The van der Waals surface area contributed by atoms with Crippen molar-refractivity contribution in [3.8, 4) is 6.07 Å².